The van der Waals surface area contributed by atoms with Crippen LogP contribution in [0.5, 0.6) is 0 Å². The summed E-state index contributed by atoms with van der Waals surface area (Å²) in [5.41, 5.74) is 2.95. The Balaban J connectivity index is 3.77. The lowest BCUT2D eigenvalue weighted by molar-refractivity contribution is 0.299. The third-order valence-corrected chi connectivity index (χ3v) is 2.80. The first-order chi connectivity index (χ1) is 4.62. The van der Waals surface area contributed by atoms with Gasteiger partial charge in [-0.15, -0.1) is 0 Å². The molecule has 0 saturated carbocycles. The van der Waals surface area contributed by atoms with Crippen molar-refractivity contribution >= 4 is 8.32 Å². The molecular weight excluding hydrogens is 144 g/mol. The lowest BCUT2D eigenvalue weighted by Gasteiger charge is -2.09. The van der Waals surface area contributed by atoms with Gasteiger partial charge in [-0.1, -0.05) is 5.54 Å². The van der Waals surface area contributed by atoms with Crippen LogP contribution in [-0.4, -0.2) is 22.0 Å². The second-order valence-electron chi connectivity index (χ2n) is 2.37. The predicted octanol–water partition coefficient (Wildman–Crippen LogP) is 1.37. The maximum Gasteiger partial charge on any atom is 0.270 e. The van der Waals surface area contributed by atoms with Crippen molar-refractivity contribution in [3.05, 3.63) is 0 Å². The minimum absolute atomic E-state index is 0.640. The summed E-state index contributed by atoms with van der Waals surface area (Å²) in [4.78, 5) is 0. The van der Waals surface area contributed by atoms with Gasteiger partial charge in [0.25, 0.3) is 8.32 Å². The molecule has 3 heteroatoms. The van der Waals surface area contributed by atoms with Gasteiger partial charge in [0.15, 0.2) is 0 Å². The minimum Gasteiger partial charge on any atom is -0.447 e. The monoisotopic (exact) mass is 158 g/mol. The van der Waals surface area contributed by atoms with Gasteiger partial charge in [-0.05, 0) is 20.0 Å². The largest absolute Gasteiger partial charge is 0.447 e. The van der Waals surface area contributed by atoms with Gasteiger partial charge in [0.1, 0.15) is 6.11 Å². The van der Waals surface area contributed by atoms with Crippen LogP contribution < -0.4 is 0 Å². The van der Waals surface area contributed by atoms with Crippen molar-refractivity contribution in [1.29, 1.82) is 0 Å². The topological polar surface area (TPSA) is 18.5 Å². The van der Waals surface area contributed by atoms with Crippen molar-refractivity contribution < 1.29 is 9.16 Å². The van der Waals surface area contributed by atoms with Crippen molar-refractivity contribution in [1.82, 2.24) is 0 Å². The molecule has 0 aromatic rings. The van der Waals surface area contributed by atoms with E-state index in [4.69, 9.17) is 9.16 Å². The molecule has 0 bridgehead atoms. The summed E-state index contributed by atoms with van der Waals surface area (Å²) in [5, 5.41) is 0. The molecule has 0 aliphatic heterocycles. The van der Waals surface area contributed by atoms with Crippen molar-refractivity contribution in [3.63, 3.8) is 0 Å². The summed E-state index contributed by atoms with van der Waals surface area (Å²) in [6.07, 6.45) is 2.61. The van der Waals surface area contributed by atoms with E-state index in [0.29, 0.717) is 6.61 Å². The van der Waals surface area contributed by atoms with Crippen LogP contribution in [0.15, 0.2) is 0 Å². The van der Waals surface area contributed by atoms with Crippen LogP contribution in [0, 0.1) is 11.7 Å². The van der Waals surface area contributed by atoms with Crippen LogP contribution in [0.3, 0.4) is 0 Å². The molecule has 0 aromatic carbocycles. The van der Waals surface area contributed by atoms with E-state index in [2.05, 4.69) is 11.7 Å². The Kier molecular flexibility index (Phi) is 4.17. The smallest absolute Gasteiger partial charge is 0.270 e. The van der Waals surface area contributed by atoms with Gasteiger partial charge in [-0.25, -0.2) is 0 Å². The highest BCUT2D eigenvalue weighted by Gasteiger charge is 2.16. The molecule has 0 rings (SSSR count). The Morgan fingerprint density at radius 1 is 1.40 bits per heavy atom. The molecule has 58 valence electrons. The highest BCUT2D eigenvalue weighted by Crippen LogP contribution is 1.98. The first-order valence-electron chi connectivity index (χ1n) is 3.31. The van der Waals surface area contributed by atoms with Crippen LogP contribution in [0.1, 0.15) is 6.92 Å². The molecule has 0 radical (unpaired) electrons. The van der Waals surface area contributed by atoms with E-state index in [-0.39, 0.29) is 0 Å². The van der Waals surface area contributed by atoms with Gasteiger partial charge in [0.05, 0.1) is 6.61 Å². The predicted molar refractivity (Wildman–Crippen MR) is 43.9 cm³/mol. The molecule has 0 heterocycles. The van der Waals surface area contributed by atoms with Gasteiger partial charge in [0, 0.05) is 7.11 Å². The molecular formula is C7H14O2Si. The second kappa shape index (κ2) is 4.37. The number of hydrogen-bond donors (Lipinski definition) is 0. The molecule has 0 aliphatic rings. The van der Waals surface area contributed by atoms with Crippen molar-refractivity contribution in [2.45, 2.75) is 20.0 Å². The summed E-state index contributed by atoms with van der Waals surface area (Å²) in [5.74, 6) is 0. The molecule has 0 fully saturated rings. The third-order valence-electron chi connectivity index (χ3n) is 1.08. The van der Waals surface area contributed by atoms with E-state index >= 15 is 0 Å². The zero-order valence-corrected chi connectivity index (χ0v) is 8.02. The summed E-state index contributed by atoms with van der Waals surface area (Å²) in [7, 11) is -0.0133. The fourth-order valence-electron chi connectivity index (χ4n) is 0.282. The Morgan fingerprint density at radius 3 is 2.40 bits per heavy atom. The SMILES string of the molecule is CCOC#C[Si](C)(C)OC. The van der Waals surface area contributed by atoms with Crippen LogP contribution in [0.4, 0.5) is 0 Å². The van der Waals surface area contributed by atoms with Gasteiger partial charge in [-0.3, -0.25) is 0 Å². The van der Waals surface area contributed by atoms with E-state index in [1.165, 1.54) is 0 Å². The van der Waals surface area contributed by atoms with Gasteiger partial charge in [-0.2, -0.15) is 0 Å². The molecule has 2 nitrogen and oxygen atoms in total. The highest BCUT2D eigenvalue weighted by molar-refractivity contribution is 6.79. The average molecular weight is 158 g/mol. The lowest BCUT2D eigenvalue weighted by Crippen LogP contribution is -2.26. The average Bonchev–Trinajstić information content (AvgIpc) is 1.89. The summed E-state index contributed by atoms with van der Waals surface area (Å²) in [6, 6.07) is 0. The summed E-state index contributed by atoms with van der Waals surface area (Å²) >= 11 is 0. The van der Waals surface area contributed by atoms with Crippen LogP contribution in [0.25, 0.3) is 0 Å². The summed E-state index contributed by atoms with van der Waals surface area (Å²) < 4.78 is 10.0. The van der Waals surface area contributed by atoms with Gasteiger partial charge >= 0.3 is 0 Å². The quantitative estimate of drug-likeness (QED) is 0.446. The van der Waals surface area contributed by atoms with Crippen molar-refractivity contribution in [2.24, 2.45) is 0 Å². The normalized spacial score (nSPS) is 10.0. The molecule has 0 aromatic heterocycles. The molecule has 0 N–H and O–H groups in total. The number of hydrogen-bond acceptors (Lipinski definition) is 2. The van der Waals surface area contributed by atoms with Crippen molar-refractivity contribution in [3.8, 4) is 11.7 Å². The molecule has 10 heavy (non-hydrogen) atoms. The standard InChI is InChI=1S/C7H14O2Si/c1-5-9-6-7-10(3,4)8-2/h5H2,1-4H3. The van der Waals surface area contributed by atoms with Crippen LogP contribution >= 0.6 is 0 Å². The second-order valence-corrected chi connectivity index (χ2v) is 6.05. The maximum absolute atomic E-state index is 5.17. The number of ether oxygens (including phenoxy) is 1. The first-order valence-corrected chi connectivity index (χ1v) is 6.22. The van der Waals surface area contributed by atoms with E-state index in [1.807, 2.05) is 20.0 Å². The van der Waals surface area contributed by atoms with E-state index < -0.39 is 8.32 Å². The van der Waals surface area contributed by atoms with Crippen LogP contribution in [-0.2, 0) is 9.16 Å². The Hall–Kier alpha value is -0.463. The van der Waals surface area contributed by atoms with E-state index in [9.17, 15) is 0 Å². The van der Waals surface area contributed by atoms with Gasteiger partial charge < -0.3 is 9.16 Å². The Labute approximate surface area is 63.7 Å². The Bertz CT molecular complexity index is 143. The summed E-state index contributed by atoms with van der Waals surface area (Å²) in [6.45, 7) is 6.61. The third kappa shape index (κ3) is 4.42. The zero-order valence-electron chi connectivity index (χ0n) is 7.02. The molecule has 0 atom stereocenters. The van der Waals surface area contributed by atoms with Crippen molar-refractivity contribution in [2.75, 3.05) is 13.7 Å². The van der Waals surface area contributed by atoms with E-state index in [0.717, 1.165) is 0 Å². The molecule has 0 saturated heterocycles. The van der Waals surface area contributed by atoms with Gasteiger partial charge in [0.2, 0.25) is 0 Å². The molecule has 0 aliphatic carbocycles. The molecule has 0 amide bonds. The molecule has 0 spiro atoms. The van der Waals surface area contributed by atoms with Crippen LogP contribution in [0.2, 0.25) is 13.1 Å². The maximum atomic E-state index is 5.17. The van der Waals surface area contributed by atoms with E-state index in [1.54, 1.807) is 7.11 Å². The number of rotatable bonds is 2. The molecule has 0 unspecified atom stereocenters. The minimum atomic E-state index is -1.70. The zero-order chi connectivity index (χ0) is 8.04. The fourth-order valence-corrected chi connectivity index (χ4v) is 0.702. The Morgan fingerprint density at radius 2 is 2.00 bits per heavy atom. The highest BCUT2D eigenvalue weighted by atomic mass is 28.4. The first kappa shape index (κ1) is 9.54. The fraction of sp³-hybridized carbons (Fsp3) is 0.714. The lowest BCUT2D eigenvalue weighted by atomic mass is 10.9.